The summed E-state index contributed by atoms with van der Waals surface area (Å²) in [5, 5.41) is 0. The lowest BCUT2D eigenvalue weighted by atomic mass is 9.95. The normalized spacial score (nSPS) is 27.1. The molecule has 0 spiro atoms. The number of methoxy groups -OCH3 is 1. The van der Waals surface area contributed by atoms with Crippen molar-refractivity contribution in [3.63, 3.8) is 0 Å². The van der Waals surface area contributed by atoms with Crippen LogP contribution >= 0.6 is 0 Å². The van der Waals surface area contributed by atoms with E-state index in [-0.39, 0.29) is 11.8 Å². The van der Waals surface area contributed by atoms with Gasteiger partial charge in [0.25, 0.3) is 0 Å². The first kappa shape index (κ1) is 18.4. The van der Waals surface area contributed by atoms with Crippen LogP contribution < -0.4 is 0 Å². The summed E-state index contributed by atoms with van der Waals surface area (Å²) >= 11 is 0. The first-order valence-electron chi connectivity index (χ1n) is 7.26. The van der Waals surface area contributed by atoms with Gasteiger partial charge in [0.05, 0.1) is 19.3 Å². The van der Waals surface area contributed by atoms with E-state index < -0.39 is 0 Å². The van der Waals surface area contributed by atoms with Crippen molar-refractivity contribution >= 4 is 5.97 Å². The molecule has 1 aliphatic heterocycles. The first-order chi connectivity index (χ1) is 8.86. The summed E-state index contributed by atoms with van der Waals surface area (Å²) in [6.45, 7) is 9.62. The fourth-order valence-electron chi connectivity index (χ4n) is 2.09. The van der Waals surface area contributed by atoms with Crippen LogP contribution in [0.1, 0.15) is 66.7 Å². The highest BCUT2D eigenvalue weighted by Crippen LogP contribution is 2.36. The zero-order valence-electron chi connectivity index (χ0n) is 13.3. The highest BCUT2D eigenvalue weighted by Gasteiger charge is 2.41. The van der Waals surface area contributed by atoms with Gasteiger partial charge in [-0.1, -0.05) is 33.1 Å². The Kier molecular flexibility index (Phi) is 9.02. The fraction of sp³-hybridized carbons (Fsp3) is 0.933. The Labute approximate surface area is 117 Å². The Morgan fingerprint density at radius 1 is 1.16 bits per heavy atom. The molecule has 2 aliphatic rings. The van der Waals surface area contributed by atoms with Crippen LogP contribution in [0.5, 0.6) is 0 Å². The first-order valence-corrected chi connectivity index (χ1v) is 7.26. The Hall–Kier alpha value is -0.610. The smallest absolute Gasteiger partial charge is 0.302 e. The van der Waals surface area contributed by atoms with Crippen molar-refractivity contribution in [1.82, 2.24) is 0 Å². The molecule has 19 heavy (non-hydrogen) atoms. The molecular formula is C15H30O4. The van der Waals surface area contributed by atoms with E-state index in [1.807, 2.05) is 13.8 Å². The van der Waals surface area contributed by atoms with E-state index in [9.17, 15) is 4.79 Å². The Morgan fingerprint density at radius 3 is 1.74 bits per heavy atom. The molecule has 1 saturated heterocycles. The summed E-state index contributed by atoms with van der Waals surface area (Å²) in [7, 11) is 1.35. The second-order valence-corrected chi connectivity index (χ2v) is 5.40. The minimum Gasteiger partial charge on any atom is -0.469 e. The molecule has 0 aromatic carbocycles. The van der Waals surface area contributed by atoms with Gasteiger partial charge >= 0.3 is 5.97 Å². The summed E-state index contributed by atoms with van der Waals surface area (Å²) in [6.07, 6.45) is 7.01. The standard InChI is InChI=1S/C9H16O2.C3H6O2.C3H8/c1-9(2)10-7-5-3-4-6-8(7)11-9;1-3(4)5-2;1-3-2/h7-8H,3-6H2,1-2H3;1-2H3;3H2,1-2H3. The maximum Gasteiger partial charge on any atom is 0.302 e. The van der Waals surface area contributed by atoms with Crippen molar-refractivity contribution in [3.8, 4) is 0 Å². The Bertz CT molecular complexity index is 235. The van der Waals surface area contributed by atoms with Crippen molar-refractivity contribution < 1.29 is 19.0 Å². The summed E-state index contributed by atoms with van der Waals surface area (Å²) in [4.78, 5) is 9.59. The Balaban J connectivity index is 0.000000344. The number of carbonyl (C=O) groups is 1. The maximum atomic E-state index is 9.59. The van der Waals surface area contributed by atoms with Crippen LogP contribution in [-0.2, 0) is 19.0 Å². The number of rotatable bonds is 0. The Morgan fingerprint density at radius 2 is 1.47 bits per heavy atom. The summed E-state index contributed by atoms with van der Waals surface area (Å²) in [6, 6.07) is 0. The number of ether oxygens (including phenoxy) is 3. The number of fused-ring (bicyclic) bond motifs is 1. The highest BCUT2D eigenvalue weighted by atomic mass is 16.7. The van der Waals surface area contributed by atoms with Gasteiger partial charge in [-0.25, -0.2) is 0 Å². The molecule has 1 aliphatic carbocycles. The molecule has 114 valence electrons. The third-order valence-corrected chi connectivity index (χ3v) is 2.80. The second-order valence-electron chi connectivity index (χ2n) is 5.40. The minimum absolute atomic E-state index is 0.245. The monoisotopic (exact) mass is 274 g/mol. The van der Waals surface area contributed by atoms with Gasteiger partial charge in [-0.15, -0.1) is 0 Å². The van der Waals surface area contributed by atoms with Gasteiger partial charge in [0, 0.05) is 6.92 Å². The largest absolute Gasteiger partial charge is 0.469 e. The minimum atomic E-state index is -0.320. The molecule has 2 fully saturated rings. The molecule has 0 bridgehead atoms. The van der Waals surface area contributed by atoms with Crippen LogP contribution in [0.4, 0.5) is 0 Å². The molecule has 0 amide bonds. The average molecular weight is 274 g/mol. The SMILES string of the molecule is CC1(C)OC2CCCCC2O1.CCC.COC(C)=O. The number of hydrogen-bond acceptors (Lipinski definition) is 4. The zero-order valence-corrected chi connectivity index (χ0v) is 13.3. The molecule has 0 aromatic heterocycles. The lowest BCUT2D eigenvalue weighted by Gasteiger charge is -2.21. The van der Waals surface area contributed by atoms with Crippen LogP contribution in [0, 0.1) is 0 Å². The van der Waals surface area contributed by atoms with Gasteiger partial charge in [-0.05, 0) is 26.7 Å². The van der Waals surface area contributed by atoms with Gasteiger partial charge in [-0.3, -0.25) is 4.79 Å². The third kappa shape index (κ3) is 8.22. The molecule has 0 radical (unpaired) electrons. The summed E-state index contributed by atoms with van der Waals surface area (Å²) < 4.78 is 15.6. The van der Waals surface area contributed by atoms with Gasteiger partial charge < -0.3 is 14.2 Å². The van der Waals surface area contributed by atoms with Crippen LogP contribution in [0.3, 0.4) is 0 Å². The molecule has 1 saturated carbocycles. The quantitative estimate of drug-likeness (QED) is 0.632. The predicted octanol–water partition coefficient (Wildman–Crippen LogP) is 3.68. The van der Waals surface area contributed by atoms with E-state index in [0.29, 0.717) is 12.2 Å². The third-order valence-electron chi connectivity index (χ3n) is 2.80. The van der Waals surface area contributed by atoms with E-state index in [0.717, 1.165) is 0 Å². The topological polar surface area (TPSA) is 44.8 Å². The maximum absolute atomic E-state index is 9.59. The van der Waals surface area contributed by atoms with Crippen molar-refractivity contribution in [2.75, 3.05) is 7.11 Å². The summed E-state index contributed by atoms with van der Waals surface area (Å²) in [5.41, 5.74) is 0. The molecule has 2 atom stereocenters. The lowest BCUT2D eigenvalue weighted by Crippen LogP contribution is -2.25. The molecule has 2 unspecified atom stereocenters. The zero-order chi connectivity index (χ0) is 14.9. The van der Waals surface area contributed by atoms with Crippen molar-refractivity contribution in [2.24, 2.45) is 0 Å². The lowest BCUT2D eigenvalue weighted by molar-refractivity contribution is -0.145. The highest BCUT2D eigenvalue weighted by molar-refractivity contribution is 5.65. The van der Waals surface area contributed by atoms with Crippen molar-refractivity contribution in [2.45, 2.75) is 84.7 Å². The fourth-order valence-corrected chi connectivity index (χ4v) is 2.09. The molecule has 1 heterocycles. The molecule has 4 heteroatoms. The van der Waals surface area contributed by atoms with Crippen LogP contribution in [-0.4, -0.2) is 31.1 Å². The molecule has 0 aromatic rings. The summed E-state index contributed by atoms with van der Waals surface area (Å²) in [5.74, 6) is -0.565. The molecule has 4 nitrogen and oxygen atoms in total. The van der Waals surface area contributed by atoms with Crippen molar-refractivity contribution in [1.29, 1.82) is 0 Å². The molecular weight excluding hydrogens is 244 g/mol. The van der Waals surface area contributed by atoms with E-state index in [2.05, 4.69) is 18.6 Å². The van der Waals surface area contributed by atoms with E-state index >= 15 is 0 Å². The number of carbonyl (C=O) groups excluding carboxylic acids is 1. The molecule has 0 N–H and O–H groups in total. The molecule has 2 rings (SSSR count). The van der Waals surface area contributed by atoms with E-state index in [1.54, 1.807) is 0 Å². The average Bonchev–Trinajstić information content (AvgIpc) is 2.64. The number of hydrogen-bond donors (Lipinski definition) is 0. The van der Waals surface area contributed by atoms with Gasteiger partial charge in [-0.2, -0.15) is 0 Å². The van der Waals surface area contributed by atoms with Crippen LogP contribution in [0.2, 0.25) is 0 Å². The van der Waals surface area contributed by atoms with E-state index in [1.165, 1.54) is 46.1 Å². The van der Waals surface area contributed by atoms with E-state index in [4.69, 9.17) is 9.47 Å². The number of esters is 1. The predicted molar refractivity (Wildman–Crippen MR) is 75.9 cm³/mol. The van der Waals surface area contributed by atoms with Crippen LogP contribution in [0.15, 0.2) is 0 Å². The van der Waals surface area contributed by atoms with Gasteiger partial charge in [0.1, 0.15) is 0 Å². The van der Waals surface area contributed by atoms with Gasteiger partial charge in [0.15, 0.2) is 5.79 Å². The van der Waals surface area contributed by atoms with Crippen LogP contribution in [0.25, 0.3) is 0 Å². The van der Waals surface area contributed by atoms with Gasteiger partial charge in [0.2, 0.25) is 0 Å². The van der Waals surface area contributed by atoms with Crippen molar-refractivity contribution in [3.05, 3.63) is 0 Å². The second kappa shape index (κ2) is 9.32.